The standard InChI is InChI=1S/C14H19NO2/c1-11(2)10-15(9-8-14(16)17)13-6-4-12(3)5-7-13/h4-7H,1,8-10H2,2-3H3,(H,16,17). The van der Waals surface area contributed by atoms with Crippen molar-refractivity contribution in [3.05, 3.63) is 42.0 Å². The zero-order chi connectivity index (χ0) is 12.8. The molecule has 0 aliphatic carbocycles. The van der Waals surface area contributed by atoms with E-state index in [4.69, 9.17) is 5.11 Å². The normalized spacial score (nSPS) is 10.0. The molecule has 0 fully saturated rings. The van der Waals surface area contributed by atoms with E-state index < -0.39 is 5.97 Å². The lowest BCUT2D eigenvalue weighted by Gasteiger charge is -2.24. The van der Waals surface area contributed by atoms with Gasteiger partial charge in [-0.15, -0.1) is 0 Å². The number of aliphatic carboxylic acids is 1. The van der Waals surface area contributed by atoms with E-state index in [-0.39, 0.29) is 6.42 Å². The number of carbonyl (C=O) groups is 1. The van der Waals surface area contributed by atoms with Gasteiger partial charge in [0.25, 0.3) is 0 Å². The summed E-state index contributed by atoms with van der Waals surface area (Å²) in [6, 6.07) is 8.09. The molecule has 17 heavy (non-hydrogen) atoms. The Morgan fingerprint density at radius 2 is 1.94 bits per heavy atom. The van der Waals surface area contributed by atoms with Crippen LogP contribution in [-0.4, -0.2) is 24.2 Å². The molecule has 0 aliphatic rings. The van der Waals surface area contributed by atoms with E-state index in [0.717, 1.165) is 11.3 Å². The van der Waals surface area contributed by atoms with Crippen molar-refractivity contribution in [3.63, 3.8) is 0 Å². The quantitative estimate of drug-likeness (QED) is 0.768. The van der Waals surface area contributed by atoms with Gasteiger partial charge in [-0.05, 0) is 26.0 Å². The van der Waals surface area contributed by atoms with Crippen LogP contribution in [-0.2, 0) is 4.79 Å². The third-order valence-electron chi connectivity index (χ3n) is 2.46. The van der Waals surface area contributed by atoms with E-state index in [1.807, 2.05) is 43.0 Å². The SMILES string of the molecule is C=C(C)CN(CCC(=O)O)c1ccc(C)cc1. The van der Waals surface area contributed by atoms with Gasteiger partial charge in [-0.1, -0.05) is 29.8 Å². The number of anilines is 1. The Morgan fingerprint density at radius 3 is 2.41 bits per heavy atom. The lowest BCUT2D eigenvalue weighted by atomic mass is 10.2. The van der Waals surface area contributed by atoms with Crippen LogP contribution >= 0.6 is 0 Å². The smallest absolute Gasteiger partial charge is 0.305 e. The van der Waals surface area contributed by atoms with Crippen LogP contribution in [0.5, 0.6) is 0 Å². The molecule has 0 aromatic heterocycles. The lowest BCUT2D eigenvalue weighted by molar-refractivity contribution is -0.136. The molecule has 0 bridgehead atoms. The fraction of sp³-hybridized carbons (Fsp3) is 0.357. The van der Waals surface area contributed by atoms with Crippen LogP contribution in [0.2, 0.25) is 0 Å². The predicted molar refractivity (Wildman–Crippen MR) is 70.5 cm³/mol. The molecule has 1 aromatic rings. The van der Waals surface area contributed by atoms with Gasteiger partial charge in [0.1, 0.15) is 0 Å². The van der Waals surface area contributed by atoms with Crippen molar-refractivity contribution in [1.82, 2.24) is 0 Å². The molecule has 1 aromatic carbocycles. The molecule has 0 amide bonds. The van der Waals surface area contributed by atoms with Gasteiger partial charge in [-0.25, -0.2) is 0 Å². The van der Waals surface area contributed by atoms with Crippen LogP contribution in [0.4, 0.5) is 5.69 Å². The summed E-state index contributed by atoms with van der Waals surface area (Å²) in [5.74, 6) is -0.774. The highest BCUT2D eigenvalue weighted by atomic mass is 16.4. The Kier molecular flexibility index (Phi) is 4.76. The molecule has 0 saturated carbocycles. The highest BCUT2D eigenvalue weighted by Crippen LogP contribution is 2.16. The van der Waals surface area contributed by atoms with Crippen molar-refractivity contribution < 1.29 is 9.90 Å². The summed E-state index contributed by atoms with van der Waals surface area (Å²) >= 11 is 0. The minimum absolute atomic E-state index is 0.140. The summed E-state index contributed by atoms with van der Waals surface area (Å²) in [4.78, 5) is 12.7. The summed E-state index contributed by atoms with van der Waals surface area (Å²) in [5.41, 5.74) is 3.26. The molecule has 92 valence electrons. The minimum atomic E-state index is -0.774. The van der Waals surface area contributed by atoms with E-state index in [2.05, 4.69) is 6.58 Å². The van der Waals surface area contributed by atoms with E-state index in [9.17, 15) is 4.79 Å². The van der Waals surface area contributed by atoms with Crippen LogP contribution in [0.25, 0.3) is 0 Å². The molecule has 1 rings (SSSR count). The second-order valence-corrected chi connectivity index (χ2v) is 4.36. The van der Waals surface area contributed by atoms with Crippen LogP contribution in [0.3, 0.4) is 0 Å². The molecule has 0 aliphatic heterocycles. The maximum Gasteiger partial charge on any atom is 0.305 e. The third-order valence-corrected chi connectivity index (χ3v) is 2.46. The van der Waals surface area contributed by atoms with Gasteiger partial charge in [0.05, 0.1) is 6.42 Å². The minimum Gasteiger partial charge on any atom is -0.481 e. The zero-order valence-electron chi connectivity index (χ0n) is 10.4. The van der Waals surface area contributed by atoms with Gasteiger partial charge in [0, 0.05) is 18.8 Å². The zero-order valence-corrected chi connectivity index (χ0v) is 10.4. The van der Waals surface area contributed by atoms with Gasteiger partial charge in [-0.3, -0.25) is 4.79 Å². The average molecular weight is 233 g/mol. The van der Waals surface area contributed by atoms with E-state index in [0.29, 0.717) is 13.1 Å². The van der Waals surface area contributed by atoms with Crippen LogP contribution in [0.1, 0.15) is 18.9 Å². The Bertz CT molecular complexity index is 395. The molecule has 0 unspecified atom stereocenters. The van der Waals surface area contributed by atoms with Crippen molar-refractivity contribution >= 4 is 11.7 Å². The molecule has 0 saturated heterocycles. The van der Waals surface area contributed by atoms with E-state index in [1.54, 1.807) is 0 Å². The van der Waals surface area contributed by atoms with Gasteiger partial charge in [0.2, 0.25) is 0 Å². The first-order valence-corrected chi connectivity index (χ1v) is 5.67. The number of nitrogens with zero attached hydrogens (tertiary/aromatic N) is 1. The van der Waals surface area contributed by atoms with Gasteiger partial charge in [0.15, 0.2) is 0 Å². The van der Waals surface area contributed by atoms with Crippen molar-refractivity contribution in [2.24, 2.45) is 0 Å². The number of rotatable bonds is 6. The lowest BCUT2D eigenvalue weighted by Crippen LogP contribution is -2.27. The summed E-state index contributed by atoms with van der Waals surface area (Å²) < 4.78 is 0. The molecular formula is C14H19NO2. The summed E-state index contributed by atoms with van der Waals surface area (Å²) in [7, 11) is 0. The van der Waals surface area contributed by atoms with Crippen molar-refractivity contribution in [3.8, 4) is 0 Å². The van der Waals surface area contributed by atoms with E-state index >= 15 is 0 Å². The largest absolute Gasteiger partial charge is 0.481 e. The van der Waals surface area contributed by atoms with Crippen LogP contribution in [0, 0.1) is 6.92 Å². The van der Waals surface area contributed by atoms with Crippen LogP contribution < -0.4 is 4.90 Å². The maximum atomic E-state index is 10.6. The van der Waals surface area contributed by atoms with E-state index in [1.165, 1.54) is 5.56 Å². The van der Waals surface area contributed by atoms with Gasteiger partial charge in [-0.2, -0.15) is 0 Å². The predicted octanol–water partition coefficient (Wildman–Crippen LogP) is 2.85. The van der Waals surface area contributed by atoms with Crippen molar-refractivity contribution in [1.29, 1.82) is 0 Å². The first-order valence-electron chi connectivity index (χ1n) is 5.67. The Labute approximate surface area is 102 Å². The monoisotopic (exact) mass is 233 g/mol. The fourth-order valence-electron chi connectivity index (χ4n) is 1.61. The average Bonchev–Trinajstić information content (AvgIpc) is 2.25. The molecule has 3 heteroatoms. The first kappa shape index (κ1) is 13.3. The molecule has 0 spiro atoms. The van der Waals surface area contributed by atoms with Crippen molar-refractivity contribution in [2.75, 3.05) is 18.0 Å². The number of hydrogen-bond donors (Lipinski definition) is 1. The maximum absolute atomic E-state index is 10.6. The number of carboxylic acid groups (broad SMARTS) is 1. The van der Waals surface area contributed by atoms with Gasteiger partial charge >= 0.3 is 5.97 Å². The Morgan fingerprint density at radius 1 is 1.35 bits per heavy atom. The molecular weight excluding hydrogens is 214 g/mol. The summed E-state index contributed by atoms with van der Waals surface area (Å²) in [5, 5.41) is 8.74. The van der Waals surface area contributed by atoms with Gasteiger partial charge < -0.3 is 10.0 Å². The molecule has 0 atom stereocenters. The highest BCUT2D eigenvalue weighted by Gasteiger charge is 2.08. The molecule has 1 N–H and O–H groups in total. The fourth-order valence-corrected chi connectivity index (χ4v) is 1.61. The number of hydrogen-bond acceptors (Lipinski definition) is 2. The van der Waals surface area contributed by atoms with Crippen molar-refractivity contribution in [2.45, 2.75) is 20.3 Å². The molecule has 0 radical (unpaired) electrons. The van der Waals surface area contributed by atoms with Crippen LogP contribution in [0.15, 0.2) is 36.4 Å². The summed E-state index contributed by atoms with van der Waals surface area (Å²) in [6.07, 6.45) is 0.140. The molecule has 3 nitrogen and oxygen atoms in total. The Hall–Kier alpha value is -1.77. The number of benzene rings is 1. The highest BCUT2D eigenvalue weighted by molar-refractivity contribution is 5.67. The second kappa shape index (κ2) is 6.09. The number of carboxylic acids is 1. The topological polar surface area (TPSA) is 40.5 Å². The Balaban J connectivity index is 2.77. The first-order chi connectivity index (χ1) is 7.99. The second-order valence-electron chi connectivity index (χ2n) is 4.36. The third kappa shape index (κ3) is 4.72. The summed E-state index contributed by atoms with van der Waals surface area (Å²) in [6.45, 7) is 9.05. The number of aryl methyl sites for hydroxylation is 1. The molecule has 0 heterocycles.